The van der Waals surface area contributed by atoms with Gasteiger partial charge in [-0.2, -0.15) is 0 Å². The van der Waals surface area contributed by atoms with Crippen LogP contribution in [0.15, 0.2) is 45.3 Å². The van der Waals surface area contributed by atoms with Crippen molar-refractivity contribution in [2.45, 2.75) is 0 Å². The normalized spacial score (nSPS) is 10.2. The highest BCUT2D eigenvalue weighted by Crippen LogP contribution is 2.25. The summed E-state index contributed by atoms with van der Waals surface area (Å²) >= 11 is 12.4. The molecule has 0 atom stereocenters. The van der Waals surface area contributed by atoms with Crippen LogP contribution in [0.3, 0.4) is 0 Å². The van der Waals surface area contributed by atoms with Gasteiger partial charge in [-0.15, -0.1) is 0 Å². The van der Waals surface area contributed by atoms with Crippen molar-refractivity contribution >= 4 is 61.0 Å². The van der Waals surface area contributed by atoms with Crippen molar-refractivity contribution in [3.8, 4) is 0 Å². The number of benzene rings is 2. The van der Waals surface area contributed by atoms with E-state index in [9.17, 15) is 9.59 Å². The van der Waals surface area contributed by atoms with Crippen LogP contribution < -0.4 is 5.32 Å². The Kier molecular flexibility index (Phi) is 5.03. The summed E-state index contributed by atoms with van der Waals surface area (Å²) in [6, 6.07) is 9.43. The summed E-state index contributed by atoms with van der Waals surface area (Å²) in [4.78, 5) is 23.4. The molecule has 4 nitrogen and oxygen atoms in total. The van der Waals surface area contributed by atoms with Gasteiger partial charge in [0.1, 0.15) is 0 Å². The molecule has 2 aromatic carbocycles. The Balaban J connectivity index is 2.36. The minimum absolute atomic E-state index is 0.0103. The number of carboxylic acid groups (broad SMARTS) is 1. The lowest BCUT2D eigenvalue weighted by atomic mass is 10.1. The van der Waals surface area contributed by atoms with Crippen molar-refractivity contribution in [2.24, 2.45) is 0 Å². The van der Waals surface area contributed by atoms with Crippen LogP contribution in [0, 0.1) is 0 Å². The fraction of sp³-hybridized carbons (Fsp3) is 0. The SMILES string of the molecule is O=C(Nc1ccc(Br)cc1C(=O)O)c1cc(Br)ccc1Cl. The zero-order valence-corrected chi connectivity index (χ0v) is 14.3. The van der Waals surface area contributed by atoms with Crippen molar-refractivity contribution in [3.63, 3.8) is 0 Å². The predicted octanol–water partition coefficient (Wildman–Crippen LogP) is 4.82. The highest BCUT2D eigenvalue weighted by molar-refractivity contribution is 9.10. The van der Waals surface area contributed by atoms with Gasteiger partial charge in [0.25, 0.3) is 5.91 Å². The molecule has 108 valence electrons. The first kappa shape index (κ1) is 16.0. The van der Waals surface area contributed by atoms with Gasteiger partial charge in [0.05, 0.1) is 21.8 Å². The lowest BCUT2D eigenvalue weighted by molar-refractivity contribution is 0.0698. The number of carbonyl (C=O) groups excluding carboxylic acids is 1. The molecule has 21 heavy (non-hydrogen) atoms. The smallest absolute Gasteiger partial charge is 0.337 e. The molecular weight excluding hydrogens is 425 g/mol. The maximum Gasteiger partial charge on any atom is 0.337 e. The van der Waals surface area contributed by atoms with Gasteiger partial charge in [-0.05, 0) is 36.4 Å². The molecule has 0 aliphatic heterocycles. The van der Waals surface area contributed by atoms with E-state index in [-0.39, 0.29) is 21.8 Å². The number of carboxylic acids is 1. The maximum absolute atomic E-state index is 12.2. The Morgan fingerprint density at radius 2 is 1.57 bits per heavy atom. The second-order valence-corrected chi connectivity index (χ2v) is 6.31. The number of carbonyl (C=O) groups is 2. The standard InChI is InChI=1S/C14H8Br2ClNO3/c15-7-1-3-11(17)9(5-7)13(19)18-12-4-2-8(16)6-10(12)14(20)21/h1-6H,(H,18,19)(H,20,21). The third-order valence-corrected chi connectivity index (χ3v) is 3.95. The van der Waals surface area contributed by atoms with E-state index in [0.717, 1.165) is 0 Å². The van der Waals surface area contributed by atoms with Crippen molar-refractivity contribution in [3.05, 3.63) is 61.5 Å². The molecule has 2 rings (SSSR count). The van der Waals surface area contributed by atoms with E-state index >= 15 is 0 Å². The summed E-state index contributed by atoms with van der Waals surface area (Å²) in [5.41, 5.74) is 0.445. The highest BCUT2D eigenvalue weighted by Gasteiger charge is 2.16. The Morgan fingerprint density at radius 3 is 2.19 bits per heavy atom. The first-order chi connectivity index (χ1) is 9.88. The van der Waals surface area contributed by atoms with Gasteiger partial charge in [0, 0.05) is 8.95 Å². The molecule has 2 aromatic rings. The van der Waals surface area contributed by atoms with E-state index in [1.54, 1.807) is 24.3 Å². The number of nitrogens with one attached hydrogen (secondary N) is 1. The van der Waals surface area contributed by atoms with Gasteiger partial charge >= 0.3 is 5.97 Å². The van der Waals surface area contributed by atoms with Gasteiger partial charge < -0.3 is 10.4 Å². The molecule has 0 bridgehead atoms. The molecule has 0 fully saturated rings. The summed E-state index contributed by atoms with van der Waals surface area (Å²) < 4.78 is 1.31. The fourth-order valence-corrected chi connectivity index (χ4v) is 2.59. The van der Waals surface area contributed by atoms with Gasteiger partial charge in [0.2, 0.25) is 0 Å². The zero-order valence-electron chi connectivity index (χ0n) is 10.4. The summed E-state index contributed by atoms with van der Waals surface area (Å²) in [5, 5.41) is 12.0. The van der Waals surface area contributed by atoms with Gasteiger partial charge in [-0.3, -0.25) is 4.79 Å². The second-order valence-electron chi connectivity index (χ2n) is 4.07. The number of amides is 1. The van der Waals surface area contributed by atoms with Crippen LogP contribution in [0.25, 0.3) is 0 Å². The third kappa shape index (κ3) is 3.84. The van der Waals surface area contributed by atoms with Crippen LogP contribution >= 0.6 is 43.5 Å². The highest BCUT2D eigenvalue weighted by atomic mass is 79.9. The molecule has 0 saturated carbocycles. The van der Waals surface area contributed by atoms with E-state index in [2.05, 4.69) is 37.2 Å². The Hall–Kier alpha value is -1.37. The first-order valence-corrected chi connectivity index (χ1v) is 7.64. The molecule has 0 saturated heterocycles. The van der Waals surface area contributed by atoms with Crippen molar-refractivity contribution < 1.29 is 14.7 Å². The van der Waals surface area contributed by atoms with Crippen LogP contribution in [0.2, 0.25) is 5.02 Å². The molecular formula is C14H8Br2ClNO3. The average Bonchev–Trinajstić information content (AvgIpc) is 2.43. The topological polar surface area (TPSA) is 66.4 Å². The number of rotatable bonds is 3. The van der Waals surface area contributed by atoms with E-state index in [0.29, 0.717) is 8.95 Å². The molecule has 0 radical (unpaired) electrons. The number of halogens is 3. The lowest BCUT2D eigenvalue weighted by Crippen LogP contribution is -2.15. The molecule has 0 spiro atoms. The van der Waals surface area contributed by atoms with Crippen LogP contribution in [0.5, 0.6) is 0 Å². The van der Waals surface area contributed by atoms with E-state index in [4.69, 9.17) is 16.7 Å². The van der Waals surface area contributed by atoms with Crippen LogP contribution in [0.4, 0.5) is 5.69 Å². The van der Waals surface area contributed by atoms with Crippen molar-refractivity contribution in [2.75, 3.05) is 5.32 Å². The maximum atomic E-state index is 12.2. The summed E-state index contributed by atoms with van der Waals surface area (Å²) in [6.45, 7) is 0. The van der Waals surface area contributed by atoms with Gasteiger partial charge in [-0.1, -0.05) is 43.5 Å². The molecule has 0 aliphatic rings. The summed E-state index contributed by atoms with van der Waals surface area (Å²) in [5.74, 6) is -1.61. The Morgan fingerprint density at radius 1 is 1.00 bits per heavy atom. The Labute approximate surface area is 142 Å². The Bertz CT molecular complexity index is 734. The summed E-state index contributed by atoms with van der Waals surface area (Å²) in [6.07, 6.45) is 0. The van der Waals surface area contributed by atoms with E-state index in [1.807, 2.05) is 0 Å². The summed E-state index contributed by atoms with van der Waals surface area (Å²) in [7, 11) is 0. The monoisotopic (exact) mass is 431 g/mol. The molecule has 7 heteroatoms. The van der Waals surface area contributed by atoms with Crippen molar-refractivity contribution in [1.82, 2.24) is 0 Å². The molecule has 0 unspecified atom stereocenters. The molecule has 1 amide bonds. The number of hydrogen-bond donors (Lipinski definition) is 2. The quantitative estimate of drug-likeness (QED) is 0.730. The minimum atomic E-state index is -1.13. The molecule has 0 aliphatic carbocycles. The second kappa shape index (κ2) is 6.60. The van der Waals surface area contributed by atoms with Crippen LogP contribution in [0.1, 0.15) is 20.7 Å². The predicted molar refractivity (Wildman–Crippen MR) is 88.2 cm³/mol. The first-order valence-electron chi connectivity index (χ1n) is 5.67. The molecule has 0 aromatic heterocycles. The fourth-order valence-electron chi connectivity index (χ4n) is 1.66. The molecule has 0 heterocycles. The van der Waals surface area contributed by atoms with Crippen LogP contribution in [-0.4, -0.2) is 17.0 Å². The van der Waals surface area contributed by atoms with Crippen molar-refractivity contribution in [1.29, 1.82) is 0 Å². The zero-order chi connectivity index (χ0) is 15.6. The minimum Gasteiger partial charge on any atom is -0.478 e. The number of hydrogen-bond acceptors (Lipinski definition) is 2. The van der Waals surface area contributed by atoms with E-state index < -0.39 is 11.9 Å². The third-order valence-electron chi connectivity index (χ3n) is 2.63. The number of aromatic carboxylic acids is 1. The molecule has 2 N–H and O–H groups in total. The number of anilines is 1. The van der Waals surface area contributed by atoms with Gasteiger partial charge in [-0.25, -0.2) is 4.79 Å². The lowest BCUT2D eigenvalue weighted by Gasteiger charge is -2.10. The van der Waals surface area contributed by atoms with Crippen LogP contribution in [-0.2, 0) is 0 Å². The van der Waals surface area contributed by atoms with Gasteiger partial charge in [0.15, 0.2) is 0 Å². The average molecular weight is 433 g/mol. The largest absolute Gasteiger partial charge is 0.478 e. The van der Waals surface area contributed by atoms with E-state index in [1.165, 1.54) is 12.1 Å².